The third-order valence-corrected chi connectivity index (χ3v) is 5.13. The van der Waals surface area contributed by atoms with Crippen molar-refractivity contribution in [3.8, 4) is 5.82 Å². The van der Waals surface area contributed by atoms with E-state index < -0.39 is 17.7 Å². The monoisotopic (exact) mass is 554 g/mol. The van der Waals surface area contributed by atoms with Gasteiger partial charge in [0.2, 0.25) is 0 Å². The van der Waals surface area contributed by atoms with Crippen molar-refractivity contribution in [2.75, 3.05) is 19.0 Å². The molecule has 3 N–H and O–H groups in total. The average Bonchev–Trinajstić information content (AvgIpc) is 3.15. The van der Waals surface area contributed by atoms with Crippen molar-refractivity contribution in [2.24, 2.45) is 0 Å². The van der Waals surface area contributed by atoms with Gasteiger partial charge in [0.05, 0.1) is 16.3 Å². The minimum absolute atomic E-state index is 0.0343. The predicted octanol–water partition coefficient (Wildman–Crippen LogP) is 3.30. The Kier molecular flexibility index (Phi) is 8.03. The van der Waals surface area contributed by atoms with E-state index in [1.165, 1.54) is 30.1 Å². The lowest BCUT2D eigenvalue weighted by atomic mass is 10.1. The number of nitrogens with zero attached hydrogens (tertiary/aromatic N) is 3. The molecule has 0 radical (unpaired) electrons. The molecular formula is C20H17BrCl2N6O4. The lowest BCUT2D eigenvalue weighted by molar-refractivity contribution is -0.125. The number of methoxy groups -OCH3 is 1. The van der Waals surface area contributed by atoms with Gasteiger partial charge in [0.15, 0.2) is 5.82 Å². The standard InChI is InChI=1S/C20H17BrCl2N6O4/c1-10-6-11(22)7-12(19(31)27-26-16(30)9-33-2)17(10)25-20(32)14-8-15(21)28-29(14)18-13(23)4-3-5-24-18/h3-8H,9H2,1-2H3,(H,25,32)(H,26,30)(H,27,31). The second kappa shape index (κ2) is 10.8. The van der Waals surface area contributed by atoms with Crippen molar-refractivity contribution in [1.82, 2.24) is 25.6 Å². The number of aryl methyl sites for hydroxylation is 1. The fourth-order valence-corrected chi connectivity index (χ4v) is 3.69. The molecule has 13 heteroatoms. The maximum Gasteiger partial charge on any atom is 0.274 e. The molecule has 1 aromatic carbocycles. The van der Waals surface area contributed by atoms with Crippen LogP contribution in [-0.4, -0.2) is 46.2 Å². The summed E-state index contributed by atoms with van der Waals surface area (Å²) in [5.74, 6) is -1.58. The fraction of sp³-hybridized carbons (Fsp3) is 0.150. The van der Waals surface area contributed by atoms with Crippen LogP contribution in [0.4, 0.5) is 5.69 Å². The second-order valence-corrected chi connectivity index (χ2v) is 8.26. The summed E-state index contributed by atoms with van der Waals surface area (Å²) in [5, 5.41) is 7.50. The molecule has 2 aromatic heterocycles. The maximum absolute atomic E-state index is 13.2. The van der Waals surface area contributed by atoms with Gasteiger partial charge in [-0.2, -0.15) is 5.10 Å². The molecule has 0 fully saturated rings. The van der Waals surface area contributed by atoms with Gasteiger partial charge in [-0.15, -0.1) is 0 Å². The highest BCUT2D eigenvalue weighted by Crippen LogP contribution is 2.27. The Bertz CT molecular complexity index is 1230. The lowest BCUT2D eigenvalue weighted by Gasteiger charge is -2.15. The molecule has 2 heterocycles. The van der Waals surface area contributed by atoms with E-state index >= 15 is 0 Å². The number of carbonyl (C=O) groups excluding carboxylic acids is 3. The first-order chi connectivity index (χ1) is 15.7. The first-order valence-corrected chi connectivity index (χ1v) is 10.8. The van der Waals surface area contributed by atoms with E-state index in [1.807, 2.05) is 0 Å². The maximum atomic E-state index is 13.2. The van der Waals surface area contributed by atoms with Crippen LogP contribution in [0.15, 0.2) is 41.1 Å². The first kappa shape index (κ1) is 24.6. The molecule has 0 aliphatic heterocycles. The number of benzene rings is 1. The van der Waals surface area contributed by atoms with E-state index in [0.29, 0.717) is 10.2 Å². The number of aromatic nitrogens is 3. The van der Waals surface area contributed by atoms with E-state index in [9.17, 15) is 14.4 Å². The van der Waals surface area contributed by atoms with Crippen LogP contribution in [-0.2, 0) is 9.53 Å². The Morgan fingerprint density at radius 2 is 1.91 bits per heavy atom. The van der Waals surface area contributed by atoms with Crippen molar-refractivity contribution < 1.29 is 19.1 Å². The summed E-state index contributed by atoms with van der Waals surface area (Å²) < 4.78 is 6.35. The summed E-state index contributed by atoms with van der Waals surface area (Å²) in [6, 6.07) is 7.70. The van der Waals surface area contributed by atoms with Gasteiger partial charge in [0.1, 0.15) is 16.9 Å². The molecule has 0 atom stereocenters. The fourth-order valence-electron chi connectivity index (χ4n) is 2.84. The van der Waals surface area contributed by atoms with Crippen LogP contribution in [0.2, 0.25) is 10.0 Å². The highest BCUT2D eigenvalue weighted by atomic mass is 79.9. The molecular weight excluding hydrogens is 539 g/mol. The molecule has 3 aromatic rings. The van der Waals surface area contributed by atoms with Crippen LogP contribution in [0.1, 0.15) is 26.4 Å². The molecule has 0 unspecified atom stereocenters. The number of carbonyl (C=O) groups is 3. The number of amides is 3. The Labute approximate surface area is 206 Å². The number of halogens is 3. The molecule has 33 heavy (non-hydrogen) atoms. The van der Waals surface area contributed by atoms with Crippen molar-refractivity contribution >= 4 is 62.5 Å². The van der Waals surface area contributed by atoms with Gasteiger partial charge < -0.3 is 10.1 Å². The van der Waals surface area contributed by atoms with E-state index in [0.717, 1.165) is 0 Å². The number of pyridine rings is 1. The van der Waals surface area contributed by atoms with Gasteiger partial charge in [-0.05, 0) is 52.7 Å². The molecule has 3 amide bonds. The van der Waals surface area contributed by atoms with E-state index in [1.54, 1.807) is 25.1 Å². The smallest absolute Gasteiger partial charge is 0.274 e. The molecule has 0 bridgehead atoms. The topological polar surface area (TPSA) is 127 Å². The third kappa shape index (κ3) is 5.88. The number of hydrogen-bond donors (Lipinski definition) is 3. The molecule has 172 valence electrons. The van der Waals surface area contributed by atoms with Crippen molar-refractivity contribution in [3.63, 3.8) is 0 Å². The van der Waals surface area contributed by atoms with Crippen LogP contribution < -0.4 is 16.2 Å². The van der Waals surface area contributed by atoms with Gasteiger partial charge in [-0.25, -0.2) is 9.67 Å². The highest BCUT2D eigenvalue weighted by molar-refractivity contribution is 9.10. The molecule has 0 spiro atoms. The zero-order valence-electron chi connectivity index (χ0n) is 17.3. The van der Waals surface area contributed by atoms with Gasteiger partial charge in [-0.3, -0.25) is 25.2 Å². The summed E-state index contributed by atoms with van der Waals surface area (Å²) in [7, 11) is 1.34. The Balaban J connectivity index is 1.93. The molecule has 0 aliphatic rings. The SMILES string of the molecule is COCC(=O)NNC(=O)c1cc(Cl)cc(C)c1NC(=O)c1cc(Br)nn1-c1ncccc1Cl. The Hall–Kier alpha value is -2.99. The normalized spacial score (nSPS) is 10.6. The van der Waals surface area contributed by atoms with Gasteiger partial charge >= 0.3 is 0 Å². The van der Waals surface area contributed by atoms with Crippen molar-refractivity contribution in [3.05, 3.63) is 68.0 Å². The number of ether oxygens (including phenoxy) is 1. The summed E-state index contributed by atoms with van der Waals surface area (Å²) in [4.78, 5) is 41.6. The quantitative estimate of drug-likeness (QED) is 0.400. The van der Waals surface area contributed by atoms with Crippen LogP contribution >= 0.6 is 39.1 Å². The summed E-state index contributed by atoms with van der Waals surface area (Å²) in [6.45, 7) is 1.43. The predicted molar refractivity (Wildman–Crippen MR) is 126 cm³/mol. The number of rotatable bonds is 6. The molecule has 0 saturated heterocycles. The summed E-state index contributed by atoms with van der Waals surface area (Å²) in [6.07, 6.45) is 1.52. The second-order valence-electron chi connectivity index (χ2n) is 6.61. The van der Waals surface area contributed by atoms with Crippen LogP contribution in [0, 0.1) is 6.92 Å². The molecule has 3 rings (SSSR count). The van der Waals surface area contributed by atoms with Crippen LogP contribution in [0.25, 0.3) is 5.82 Å². The molecule has 10 nitrogen and oxygen atoms in total. The van der Waals surface area contributed by atoms with Crippen molar-refractivity contribution in [2.45, 2.75) is 6.92 Å². The number of hydrogen-bond acceptors (Lipinski definition) is 6. The number of hydrazine groups is 1. The molecule has 0 saturated carbocycles. The first-order valence-electron chi connectivity index (χ1n) is 9.27. The Morgan fingerprint density at radius 3 is 2.61 bits per heavy atom. The van der Waals surface area contributed by atoms with Crippen LogP contribution in [0.5, 0.6) is 0 Å². The summed E-state index contributed by atoms with van der Waals surface area (Å²) in [5.41, 5.74) is 5.32. The lowest BCUT2D eigenvalue weighted by Crippen LogP contribution is -2.43. The van der Waals surface area contributed by atoms with Gasteiger partial charge in [0, 0.05) is 24.4 Å². The van der Waals surface area contributed by atoms with Gasteiger partial charge in [0.25, 0.3) is 17.7 Å². The summed E-state index contributed by atoms with van der Waals surface area (Å²) >= 11 is 15.6. The zero-order chi connectivity index (χ0) is 24.1. The zero-order valence-corrected chi connectivity index (χ0v) is 20.4. The largest absolute Gasteiger partial charge is 0.375 e. The van der Waals surface area contributed by atoms with E-state index in [-0.39, 0.29) is 39.4 Å². The number of nitrogens with one attached hydrogen (secondary N) is 3. The third-order valence-electron chi connectivity index (χ3n) is 4.23. The molecule has 0 aliphatic carbocycles. The number of anilines is 1. The van der Waals surface area contributed by atoms with Gasteiger partial charge in [-0.1, -0.05) is 23.2 Å². The highest BCUT2D eigenvalue weighted by Gasteiger charge is 2.22. The van der Waals surface area contributed by atoms with E-state index in [4.69, 9.17) is 27.9 Å². The minimum Gasteiger partial charge on any atom is -0.375 e. The van der Waals surface area contributed by atoms with Crippen LogP contribution in [0.3, 0.4) is 0 Å². The van der Waals surface area contributed by atoms with Crippen molar-refractivity contribution in [1.29, 1.82) is 0 Å². The van der Waals surface area contributed by atoms with E-state index in [2.05, 4.69) is 42.2 Å². The Morgan fingerprint density at radius 1 is 1.15 bits per heavy atom. The average molecular weight is 556 g/mol. The minimum atomic E-state index is -0.692.